The van der Waals surface area contributed by atoms with Crippen molar-refractivity contribution in [2.24, 2.45) is 0 Å². The third-order valence-electron chi connectivity index (χ3n) is 3.88. The first kappa shape index (κ1) is 25.0. The molecule has 0 saturated carbocycles. The molecule has 32 heavy (non-hydrogen) atoms. The van der Waals surface area contributed by atoms with Gasteiger partial charge in [-0.15, -0.1) is 0 Å². The molecule has 168 valence electrons. The SMILES string of the molecule is CCCCC(=O)OCC#Cc1ncccc1C#CCS(=O)c1c(F)c(F)c(F)c(F)c1F. The highest BCUT2D eigenvalue weighted by Crippen LogP contribution is 2.25. The Morgan fingerprint density at radius 3 is 2.34 bits per heavy atom. The van der Waals surface area contributed by atoms with E-state index in [1.165, 1.54) is 18.3 Å². The highest BCUT2D eigenvalue weighted by atomic mass is 32.2. The smallest absolute Gasteiger partial charge is 0.306 e. The average molecular weight is 469 g/mol. The van der Waals surface area contributed by atoms with Gasteiger partial charge in [0.25, 0.3) is 0 Å². The van der Waals surface area contributed by atoms with Crippen molar-refractivity contribution in [1.29, 1.82) is 0 Å². The normalized spacial score (nSPS) is 11.1. The molecule has 0 fully saturated rings. The summed E-state index contributed by atoms with van der Waals surface area (Å²) in [4.78, 5) is 14.0. The van der Waals surface area contributed by atoms with Crippen molar-refractivity contribution in [3.63, 3.8) is 0 Å². The molecule has 0 bridgehead atoms. The molecule has 1 aromatic carbocycles. The summed E-state index contributed by atoms with van der Waals surface area (Å²) in [7, 11) is -2.61. The molecule has 1 aromatic heterocycles. The van der Waals surface area contributed by atoms with Crippen LogP contribution in [0.4, 0.5) is 22.0 Å². The van der Waals surface area contributed by atoms with E-state index in [1.54, 1.807) is 0 Å². The predicted octanol–water partition coefficient (Wildman–Crippen LogP) is 4.02. The van der Waals surface area contributed by atoms with E-state index < -0.39 is 50.5 Å². The number of hydrogen-bond donors (Lipinski definition) is 0. The molecular formula is C22H16F5NO3S. The van der Waals surface area contributed by atoms with E-state index in [4.69, 9.17) is 4.74 Å². The first-order valence-electron chi connectivity index (χ1n) is 9.26. The summed E-state index contributed by atoms with van der Waals surface area (Å²) in [5.41, 5.74) is 0.471. The van der Waals surface area contributed by atoms with Gasteiger partial charge in [-0.05, 0) is 24.5 Å². The van der Waals surface area contributed by atoms with Gasteiger partial charge < -0.3 is 4.74 Å². The highest BCUT2D eigenvalue weighted by molar-refractivity contribution is 7.85. The quantitative estimate of drug-likeness (QED) is 0.211. The first-order chi connectivity index (χ1) is 15.3. The van der Waals surface area contributed by atoms with E-state index in [1.807, 2.05) is 6.92 Å². The topological polar surface area (TPSA) is 56.3 Å². The summed E-state index contributed by atoms with van der Waals surface area (Å²) in [5, 5.41) is 0. The number of hydrogen-bond acceptors (Lipinski definition) is 4. The van der Waals surface area contributed by atoms with Crippen molar-refractivity contribution in [2.45, 2.75) is 31.1 Å². The standard InChI is InChI=1S/C22H16F5NO3S/c1-2-3-10-16(29)31-12-5-9-15-14(7-4-11-28-15)8-6-13-32(30)22-20(26)18(24)17(23)19(25)21(22)27/h4,7,11H,2-3,10,12-13H2,1H3. The Morgan fingerprint density at radius 1 is 1.03 bits per heavy atom. The van der Waals surface area contributed by atoms with Crippen LogP contribution < -0.4 is 0 Å². The molecule has 0 aliphatic carbocycles. The number of esters is 1. The van der Waals surface area contributed by atoms with Gasteiger partial charge in [0, 0.05) is 12.6 Å². The molecule has 1 unspecified atom stereocenters. The van der Waals surface area contributed by atoms with Gasteiger partial charge in [0.2, 0.25) is 5.82 Å². The molecule has 10 heteroatoms. The van der Waals surface area contributed by atoms with Crippen LogP contribution in [0, 0.1) is 52.8 Å². The van der Waals surface area contributed by atoms with Gasteiger partial charge in [-0.3, -0.25) is 9.00 Å². The monoisotopic (exact) mass is 469 g/mol. The molecule has 1 heterocycles. The number of benzene rings is 1. The summed E-state index contributed by atoms with van der Waals surface area (Å²) < 4.78 is 84.2. The van der Waals surface area contributed by atoms with Crippen molar-refractivity contribution in [2.75, 3.05) is 12.4 Å². The maximum absolute atomic E-state index is 13.7. The molecule has 4 nitrogen and oxygen atoms in total. The Bertz CT molecular complexity index is 1130. The molecule has 0 aliphatic rings. The van der Waals surface area contributed by atoms with Crippen LogP contribution in [0.5, 0.6) is 0 Å². The fourth-order valence-electron chi connectivity index (χ4n) is 2.29. The number of ether oxygens (including phenoxy) is 1. The summed E-state index contributed by atoms with van der Waals surface area (Å²) in [6.45, 7) is 1.78. The average Bonchev–Trinajstić information content (AvgIpc) is 2.78. The van der Waals surface area contributed by atoms with Gasteiger partial charge in [0.15, 0.2) is 29.9 Å². The summed E-state index contributed by atoms with van der Waals surface area (Å²) >= 11 is 0. The number of rotatable bonds is 6. The van der Waals surface area contributed by atoms with Crippen LogP contribution in [0.15, 0.2) is 23.2 Å². The zero-order chi connectivity index (χ0) is 23.7. The van der Waals surface area contributed by atoms with Crippen LogP contribution in [0.1, 0.15) is 37.4 Å². The zero-order valence-electron chi connectivity index (χ0n) is 16.7. The van der Waals surface area contributed by atoms with E-state index in [0.29, 0.717) is 12.8 Å². The fourth-order valence-corrected chi connectivity index (χ4v) is 3.22. The van der Waals surface area contributed by atoms with E-state index in [9.17, 15) is 31.0 Å². The number of halogens is 5. The van der Waals surface area contributed by atoms with Gasteiger partial charge in [-0.2, -0.15) is 0 Å². The van der Waals surface area contributed by atoms with Gasteiger partial charge in [-0.25, -0.2) is 26.9 Å². The molecule has 1 atom stereocenters. The number of carbonyl (C=O) groups excluding carboxylic acids is 1. The zero-order valence-corrected chi connectivity index (χ0v) is 17.6. The fraction of sp³-hybridized carbons (Fsp3) is 0.273. The second-order valence-electron chi connectivity index (χ2n) is 6.16. The molecule has 0 aliphatic heterocycles. The van der Waals surface area contributed by atoms with Crippen molar-refractivity contribution in [3.8, 4) is 23.7 Å². The van der Waals surface area contributed by atoms with Gasteiger partial charge in [-0.1, -0.05) is 31.1 Å². The lowest BCUT2D eigenvalue weighted by Crippen LogP contribution is -2.10. The minimum atomic E-state index is -2.61. The molecule has 0 radical (unpaired) electrons. The van der Waals surface area contributed by atoms with E-state index in [0.717, 1.165) is 6.42 Å². The Morgan fingerprint density at radius 2 is 1.69 bits per heavy atom. The molecule has 0 amide bonds. The molecule has 2 rings (SSSR count). The third-order valence-corrected chi connectivity index (χ3v) is 5.10. The summed E-state index contributed by atoms with van der Waals surface area (Å²) in [6, 6.07) is 3.04. The Labute approximate surface area is 183 Å². The van der Waals surface area contributed by atoms with Crippen LogP contribution in [-0.4, -0.2) is 27.5 Å². The van der Waals surface area contributed by atoms with Crippen LogP contribution in [-0.2, 0) is 20.3 Å². The molecule has 0 spiro atoms. The Balaban J connectivity index is 2.13. The van der Waals surface area contributed by atoms with Crippen molar-refractivity contribution in [3.05, 3.63) is 58.7 Å². The van der Waals surface area contributed by atoms with E-state index in [-0.39, 0.29) is 23.8 Å². The lowest BCUT2D eigenvalue weighted by Gasteiger charge is -2.06. The van der Waals surface area contributed by atoms with Gasteiger partial charge >= 0.3 is 5.97 Å². The highest BCUT2D eigenvalue weighted by Gasteiger charge is 2.28. The molecular weight excluding hydrogens is 453 g/mol. The van der Waals surface area contributed by atoms with Gasteiger partial charge in [0.1, 0.15) is 10.6 Å². The van der Waals surface area contributed by atoms with Gasteiger partial charge in [0.05, 0.1) is 22.1 Å². The minimum Gasteiger partial charge on any atom is -0.452 e. The van der Waals surface area contributed by atoms with Crippen molar-refractivity contribution in [1.82, 2.24) is 4.98 Å². The number of pyridine rings is 1. The summed E-state index contributed by atoms with van der Waals surface area (Å²) in [5.74, 6) is -1.92. The second-order valence-corrected chi connectivity index (χ2v) is 7.54. The van der Waals surface area contributed by atoms with Crippen LogP contribution in [0.2, 0.25) is 0 Å². The van der Waals surface area contributed by atoms with Crippen LogP contribution in [0.3, 0.4) is 0 Å². The van der Waals surface area contributed by atoms with Crippen molar-refractivity contribution >= 4 is 16.8 Å². The minimum absolute atomic E-state index is 0.156. The van der Waals surface area contributed by atoms with Crippen molar-refractivity contribution < 1.29 is 35.7 Å². The molecule has 0 saturated heterocycles. The third kappa shape index (κ3) is 6.38. The molecule has 0 N–H and O–H groups in total. The predicted molar refractivity (Wildman–Crippen MR) is 106 cm³/mol. The van der Waals surface area contributed by atoms with Crippen LogP contribution >= 0.6 is 0 Å². The second kappa shape index (κ2) is 12.0. The Kier molecular flexibility index (Phi) is 9.36. The lowest BCUT2D eigenvalue weighted by molar-refractivity contribution is -0.142. The molecule has 2 aromatic rings. The summed E-state index contributed by atoms with van der Waals surface area (Å²) in [6.07, 6.45) is 3.28. The number of carbonyl (C=O) groups is 1. The van der Waals surface area contributed by atoms with E-state index in [2.05, 4.69) is 28.7 Å². The first-order valence-corrected chi connectivity index (χ1v) is 10.6. The van der Waals surface area contributed by atoms with E-state index >= 15 is 0 Å². The Hall–Kier alpha value is -3.24. The largest absolute Gasteiger partial charge is 0.452 e. The lowest BCUT2D eigenvalue weighted by atomic mass is 10.2. The maximum atomic E-state index is 13.7. The number of nitrogens with zero attached hydrogens (tertiary/aromatic N) is 1. The van der Waals surface area contributed by atoms with Crippen LogP contribution in [0.25, 0.3) is 0 Å². The number of aromatic nitrogens is 1. The maximum Gasteiger partial charge on any atom is 0.306 e. The number of unbranched alkanes of at least 4 members (excludes halogenated alkanes) is 1.